The molecular weight excluding hydrogens is 226 g/mol. The molecule has 0 aliphatic carbocycles. The SMILES string of the molecule is CCCC[N+]1(CCCC)CCCSC1.[Cl-]. The Labute approximate surface area is 106 Å². The summed E-state index contributed by atoms with van der Waals surface area (Å²) in [5.74, 6) is 2.79. The van der Waals surface area contributed by atoms with Crippen LogP contribution < -0.4 is 12.4 Å². The third-order valence-electron chi connectivity index (χ3n) is 3.26. The van der Waals surface area contributed by atoms with Gasteiger partial charge in [0.25, 0.3) is 0 Å². The molecule has 0 aromatic rings. The van der Waals surface area contributed by atoms with E-state index in [1.54, 1.807) is 0 Å². The second-order valence-corrected chi connectivity index (χ2v) is 5.69. The Balaban J connectivity index is 0.00000196. The lowest BCUT2D eigenvalue weighted by atomic mass is 10.2. The average molecular weight is 252 g/mol. The van der Waals surface area contributed by atoms with Crippen LogP contribution in [0.25, 0.3) is 0 Å². The predicted octanol–water partition coefficient (Wildman–Crippen LogP) is 0.502. The number of unbranched alkanes of at least 4 members (excludes halogenated alkanes) is 2. The van der Waals surface area contributed by atoms with Gasteiger partial charge in [-0.2, -0.15) is 0 Å². The van der Waals surface area contributed by atoms with Crippen LogP contribution in [0.3, 0.4) is 0 Å². The summed E-state index contributed by atoms with van der Waals surface area (Å²) < 4.78 is 1.42. The van der Waals surface area contributed by atoms with E-state index in [2.05, 4.69) is 25.6 Å². The lowest BCUT2D eigenvalue weighted by Gasteiger charge is -2.41. The van der Waals surface area contributed by atoms with Crippen LogP contribution in [0.5, 0.6) is 0 Å². The first-order valence-corrected chi connectivity index (χ1v) is 7.41. The van der Waals surface area contributed by atoms with E-state index in [9.17, 15) is 0 Å². The largest absolute Gasteiger partial charge is 1.00 e. The summed E-state index contributed by atoms with van der Waals surface area (Å²) in [6, 6.07) is 0. The van der Waals surface area contributed by atoms with Crippen LogP contribution >= 0.6 is 11.8 Å². The topological polar surface area (TPSA) is 0 Å². The summed E-state index contributed by atoms with van der Waals surface area (Å²) in [7, 11) is 0. The number of hydrogen-bond acceptors (Lipinski definition) is 1. The minimum absolute atomic E-state index is 0. The number of quaternary nitrogens is 1. The van der Waals surface area contributed by atoms with Gasteiger partial charge in [0, 0.05) is 12.2 Å². The molecule has 1 aliphatic heterocycles. The van der Waals surface area contributed by atoms with Gasteiger partial charge < -0.3 is 16.9 Å². The van der Waals surface area contributed by atoms with Crippen molar-refractivity contribution in [2.75, 3.05) is 31.3 Å². The van der Waals surface area contributed by atoms with Crippen molar-refractivity contribution in [1.29, 1.82) is 0 Å². The summed E-state index contributed by atoms with van der Waals surface area (Å²) >= 11 is 2.17. The highest BCUT2D eigenvalue weighted by Gasteiger charge is 2.28. The molecule has 3 heteroatoms. The second kappa shape index (κ2) is 8.72. The van der Waals surface area contributed by atoms with Gasteiger partial charge in [-0.15, -0.1) is 11.8 Å². The Hall–Kier alpha value is 0.600. The maximum Gasteiger partial charge on any atom is 0.125 e. The molecule has 1 fully saturated rings. The van der Waals surface area contributed by atoms with Gasteiger partial charge in [-0.3, -0.25) is 0 Å². The number of nitrogens with zero attached hydrogens (tertiary/aromatic N) is 1. The zero-order chi connectivity index (χ0) is 10.3. The summed E-state index contributed by atoms with van der Waals surface area (Å²) in [5, 5.41) is 0. The Morgan fingerprint density at radius 2 is 1.67 bits per heavy atom. The van der Waals surface area contributed by atoms with Crippen LogP contribution in [0.15, 0.2) is 0 Å². The van der Waals surface area contributed by atoms with Gasteiger partial charge in [0.15, 0.2) is 0 Å². The minimum atomic E-state index is 0. The van der Waals surface area contributed by atoms with E-state index in [0.29, 0.717) is 0 Å². The summed E-state index contributed by atoms with van der Waals surface area (Å²) in [6.45, 7) is 8.95. The average Bonchev–Trinajstić information content (AvgIpc) is 2.25. The normalized spacial score (nSPS) is 19.6. The van der Waals surface area contributed by atoms with Gasteiger partial charge in [-0.05, 0) is 12.8 Å². The van der Waals surface area contributed by atoms with Crippen molar-refractivity contribution in [3.63, 3.8) is 0 Å². The van der Waals surface area contributed by atoms with Crippen LogP contribution in [0.2, 0.25) is 0 Å². The van der Waals surface area contributed by atoms with Crippen LogP contribution in [-0.2, 0) is 0 Å². The van der Waals surface area contributed by atoms with Gasteiger partial charge >= 0.3 is 0 Å². The Kier molecular flexibility index (Phi) is 9.07. The quantitative estimate of drug-likeness (QED) is 0.620. The molecule has 0 saturated carbocycles. The van der Waals surface area contributed by atoms with Gasteiger partial charge in [-0.1, -0.05) is 26.7 Å². The van der Waals surface area contributed by atoms with Crippen molar-refractivity contribution in [3.05, 3.63) is 0 Å². The molecular formula is C12H26ClNS. The van der Waals surface area contributed by atoms with Crippen molar-refractivity contribution >= 4 is 11.8 Å². The highest BCUT2D eigenvalue weighted by molar-refractivity contribution is 7.99. The molecule has 0 radical (unpaired) electrons. The molecule has 1 saturated heterocycles. The Bertz CT molecular complexity index is 137. The molecule has 0 unspecified atom stereocenters. The third-order valence-corrected chi connectivity index (χ3v) is 4.57. The molecule has 92 valence electrons. The number of hydrogen-bond donors (Lipinski definition) is 0. The van der Waals surface area contributed by atoms with Crippen LogP contribution in [0, 0.1) is 0 Å². The number of thioether (sulfide) groups is 1. The van der Waals surface area contributed by atoms with Gasteiger partial charge in [0.05, 0.1) is 19.6 Å². The highest BCUT2D eigenvalue weighted by atomic mass is 35.5. The fraction of sp³-hybridized carbons (Fsp3) is 1.00. The predicted molar refractivity (Wildman–Crippen MR) is 66.6 cm³/mol. The van der Waals surface area contributed by atoms with Crippen molar-refractivity contribution in [2.24, 2.45) is 0 Å². The minimum Gasteiger partial charge on any atom is -1.00 e. The second-order valence-electron chi connectivity index (χ2n) is 4.61. The molecule has 0 aromatic heterocycles. The molecule has 0 spiro atoms. The fourth-order valence-electron chi connectivity index (χ4n) is 2.28. The lowest BCUT2D eigenvalue weighted by molar-refractivity contribution is -0.918. The van der Waals surface area contributed by atoms with E-state index >= 15 is 0 Å². The van der Waals surface area contributed by atoms with Gasteiger partial charge in [0.1, 0.15) is 5.88 Å². The molecule has 1 aliphatic rings. The molecule has 1 nitrogen and oxygen atoms in total. The number of halogens is 1. The van der Waals surface area contributed by atoms with E-state index in [1.165, 1.54) is 67.9 Å². The van der Waals surface area contributed by atoms with E-state index < -0.39 is 0 Å². The first kappa shape index (κ1) is 15.6. The zero-order valence-corrected chi connectivity index (χ0v) is 11.9. The highest BCUT2D eigenvalue weighted by Crippen LogP contribution is 2.24. The Morgan fingerprint density at radius 3 is 2.07 bits per heavy atom. The van der Waals surface area contributed by atoms with Gasteiger partial charge in [0.2, 0.25) is 0 Å². The van der Waals surface area contributed by atoms with Crippen molar-refractivity contribution < 1.29 is 16.9 Å². The molecule has 0 atom stereocenters. The summed E-state index contributed by atoms with van der Waals surface area (Å²) in [5.41, 5.74) is 0. The van der Waals surface area contributed by atoms with E-state index in [-0.39, 0.29) is 12.4 Å². The lowest BCUT2D eigenvalue weighted by Crippen LogP contribution is -3.00. The van der Waals surface area contributed by atoms with E-state index in [0.717, 1.165) is 0 Å². The van der Waals surface area contributed by atoms with Crippen LogP contribution in [-0.4, -0.2) is 35.7 Å². The Morgan fingerprint density at radius 1 is 1.07 bits per heavy atom. The molecule has 15 heavy (non-hydrogen) atoms. The summed E-state index contributed by atoms with van der Waals surface area (Å²) in [6.07, 6.45) is 7.00. The van der Waals surface area contributed by atoms with E-state index in [4.69, 9.17) is 0 Å². The summed E-state index contributed by atoms with van der Waals surface area (Å²) in [4.78, 5) is 0. The van der Waals surface area contributed by atoms with Crippen molar-refractivity contribution in [3.8, 4) is 0 Å². The first-order chi connectivity index (χ1) is 6.83. The first-order valence-electron chi connectivity index (χ1n) is 6.26. The van der Waals surface area contributed by atoms with E-state index in [1.807, 2.05) is 0 Å². The maximum atomic E-state index is 2.31. The molecule has 0 bridgehead atoms. The molecule has 1 rings (SSSR count). The fourth-order valence-corrected chi connectivity index (χ4v) is 3.51. The van der Waals surface area contributed by atoms with Crippen molar-refractivity contribution in [1.82, 2.24) is 0 Å². The molecule has 0 N–H and O–H groups in total. The van der Waals surface area contributed by atoms with Crippen LogP contribution in [0.1, 0.15) is 46.0 Å². The smallest absolute Gasteiger partial charge is 0.125 e. The van der Waals surface area contributed by atoms with Crippen LogP contribution in [0.4, 0.5) is 0 Å². The number of rotatable bonds is 6. The monoisotopic (exact) mass is 251 g/mol. The molecule has 1 heterocycles. The van der Waals surface area contributed by atoms with Gasteiger partial charge in [-0.25, -0.2) is 0 Å². The molecule has 0 aromatic carbocycles. The third kappa shape index (κ3) is 5.46. The maximum absolute atomic E-state index is 2.31. The molecule has 0 amide bonds. The van der Waals surface area contributed by atoms with Crippen molar-refractivity contribution in [2.45, 2.75) is 46.0 Å². The standard InChI is InChI=1S/C12H26NS.ClH/c1-3-5-8-13(9-6-4-2)10-7-11-14-12-13;/h3-12H2,1-2H3;1H/q+1;/p-1. The zero-order valence-electron chi connectivity index (χ0n) is 10.3.